The molecule has 29 heavy (non-hydrogen) atoms. The van der Waals surface area contributed by atoms with E-state index in [0.717, 1.165) is 28.0 Å². The highest BCUT2D eigenvalue weighted by Gasteiger charge is 2.36. The fourth-order valence-electron chi connectivity index (χ4n) is 3.83. The van der Waals surface area contributed by atoms with Crippen LogP contribution in [0.15, 0.2) is 46.1 Å². The minimum atomic E-state index is -3.77. The van der Waals surface area contributed by atoms with E-state index in [1.807, 2.05) is 45.9 Å². The Bertz CT molecular complexity index is 1260. The van der Waals surface area contributed by atoms with Crippen LogP contribution in [-0.4, -0.2) is 18.6 Å². The number of nitrogens with one attached hydrogen (secondary N) is 1. The van der Waals surface area contributed by atoms with Crippen LogP contribution in [0.25, 0.3) is 10.2 Å². The van der Waals surface area contributed by atoms with Crippen molar-refractivity contribution in [1.82, 2.24) is 9.29 Å². The summed E-state index contributed by atoms with van der Waals surface area (Å²) in [5, 5.41) is 0. The molecule has 0 saturated carbocycles. The second kappa shape index (κ2) is 6.97. The number of thiazole rings is 1. The number of aromatic nitrogens is 1. The van der Waals surface area contributed by atoms with Crippen LogP contribution in [-0.2, 0) is 16.6 Å². The lowest BCUT2D eigenvalue weighted by Gasteiger charge is -2.38. The summed E-state index contributed by atoms with van der Waals surface area (Å²) in [5.74, 6) is 0.711. The van der Waals surface area contributed by atoms with Crippen molar-refractivity contribution in [3.05, 3.63) is 57.2 Å². The minimum absolute atomic E-state index is 0.0829. The first-order chi connectivity index (χ1) is 13.6. The Balaban J connectivity index is 1.72. The third-order valence-corrected chi connectivity index (χ3v) is 7.60. The molecule has 4 rings (SSSR count). The Hall–Kier alpha value is -2.16. The van der Waals surface area contributed by atoms with Crippen LogP contribution in [0.5, 0.6) is 5.75 Å². The van der Waals surface area contributed by atoms with Gasteiger partial charge in [-0.25, -0.2) is 13.1 Å². The van der Waals surface area contributed by atoms with Gasteiger partial charge in [0.1, 0.15) is 11.4 Å². The average molecular weight is 433 g/mol. The van der Waals surface area contributed by atoms with Crippen LogP contribution in [0.1, 0.15) is 44.4 Å². The highest BCUT2D eigenvalue weighted by molar-refractivity contribution is 7.89. The van der Waals surface area contributed by atoms with Gasteiger partial charge in [-0.05, 0) is 57.5 Å². The first kappa shape index (κ1) is 20.1. The summed E-state index contributed by atoms with van der Waals surface area (Å²) in [5.41, 5.74) is 2.16. The van der Waals surface area contributed by atoms with Gasteiger partial charge in [-0.15, -0.1) is 0 Å². The molecule has 1 aromatic heterocycles. The minimum Gasteiger partial charge on any atom is -0.487 e. The van der Waals surface area contributed by atoms with Crippen molar-refractivity contribution in [2.24, 2.45) is 0 Å². The van der Waals surface area contributed by atoms with Gasteiger partial charge in [0, 0.05) is 18.5 Å². The second-order valence-electron chi connectivity index (χ2n) is 8.02. The lowest BCUT2D eigenvalue weighted by molar-refractivity contribution is 0.0701. The van der Waals surface area contributed by atoms with E-state index in [4.69, 9.17) is 4.74 Å². The molecule has 1 N–H and O–H groups in total. The zero-order chi connectivity index (χ0) is 21.0. The molecule has 0 aliphatic carbocycles. The molecule has 1 aliphatic heterocycles. The molecule has 0 radical (unpaired) electrons. The number of ether oxygens (including phenoxy) is 1. The zero-order valence-electron chi connectivity index (χ0n) is 16.9. The van der Waals surface area contributed by atoms with Crippen molar-refractivity contribution >= 4 is 31.6 Å². The fraction of sp³-hybridized carbons (Fsp3) is 0.381. The SMILES string of the molecule is CCn1c(=O)sc2cc(S(=O)(=O)N[C@@H]3CC(C)(C)Oc4cc(C)ccc43)ccc21. The highest BCUT2D eigenvalue weighted by atomic mass is 32.2. The summed E-state index contributed by atoms with van der Waals surface area (Å²) < 4.78 is 37.6. The van der Waals surface area contributed by atoms with E-state index in [-0.39, 0.29) is 9.77 Å². The van der Waals surface area contributed by atoms with E-state index < -0.39 is 21.7 Å². The van der Waals surface area contributed by atoms with Gasteiger partial charge >= 0.3 is 4.87 Å². The Morgan fingerprint density at radius 1 is 1.24 bits per heavy atom. The van der Waals surface area contributed by atoms with Gasteiger partial charge < -0.3 is 4.74 Å². The predicted octanol–water partition coefficient (Wildman–Crippen LogP) is 3.97. The van der Waals surface area contributed by atoms with Crippen molar-refractivity contribution in [2.75, 3.05) is 0 Å². The summed E-state index contributed by atoms with van der Waals surface area (Å²) in [6, 6.07) is 10.3. The first-order valence-electron chi connectivity index (χ1n) is 9.55. The molecule has 0 bridgehead atoms. The quantitative estimate of drug-likeness (QED) is 0.677. The largest absolute Gasteiger partial charge is 0.487 e. The molecular formula is C21H24N2O4S2. The smallest absolute Gasteiger partial charge is 0.308 e. The molecule has 2 aromatic carbocycles. The number of hydrogen-bond donors (Lipinski definition) is 1. The summed E-state index contributed by atoms with van der Waals surface area (Å²) in [4.78, 5) is 12.2. The van der Waals surface area contributed by atoms with Crippen molar-refractivity contribution < 1.29 is 13.2 Å². The van der Waals surface area contributed by atoms with E-state index in [0.29, 0.717) is 23.4 Å². The van der Waals surface area contributed by atoms with Crippen LogP contribution < -0.4 is 14.3 Å². The molecule has 0 amide bonds. The molecular weight excluding hydrogens is 408 g/mol. The first-order valence-corrected chi connectivity index (χ1v) is 11.8. The van der Waals surface area contributed by atoms with Crippen molar-refractivity contribution in [3.8, 4) is 5.75 Å². The monoisotopic (exact) mass is 432 g/mol. The van der Waals surface area contributed by atoms with Gasteiger partial charge in [-0.3, -0.25) is 9.36 Å². The topological polar surface area (TPSA) is 77.4 Å². The number of hydrogen-bond acceptors (Lipinski definition) is 5. The van der Waals surface area contributed by atoms with Gasteiger partial charge in [0.25, 0.3) is 0 Å². The van der Waals surface area contributed by atoms with Crippen molar-refractivity contribution in [1.29, 1.82) is 0 Å². The zero-order valence-corrected chi connectivity index (χ0v) is 18.5. The molecule has 6 nitrogen and oxygen atoms in total. The number of aryl methyl sites for hydroxylation is 2. The lowest BCUT2D eigenvalue weighted by atomic mass is 9.90. The van der Waals surface area contributed by atoms with Gasteiger partial charge in [0.05, 0.1) is 21.2 Å². The number of rotatable bonds is 4. The number of fused-ring (bicyclic) bond motifs is 2. The Morgan fingerprint density at radius 3 is 2.72 bits per heavy atom. The van der Waals surface area contributed by atoms with Gasteiger partial charge in [0.15, 0.2) is 0 Å². The van der Waals surface area contributed by atoms with Crippen LogP contribution in [0.3, 0.4) is 0 Å². The van der Waals surface area contributed by atoms with Gasteiger partial charge in [-0.1, -0.05) is 23.5 Å². The molecule has 0 saturated heterocycles. The number of sulfonamides is 1. The van der Waals surface area contributed by atoms with E-state index in [1.165, 1.54) is 0 Å². The Labute approximate surface area is 174 Å². The van der Waals surface area contributed by atoms with Crippen LogP contribution in [0, 0.1) is 6.92 Å². The van der Waals surface area contributed by atoms with Crippen LogP contribution >= 0.6 is 11.3 Å². The fourth-order valence-corrected chi connectivity index (χ4v) is 6.14. The maximum absolute atomic E-state index is 13.2. The number of nitrogens with zero attached hydrogens (tertiary/aromatic N) is 1. The molecule has 8 heteroatoms. The number of benzene rings is 2. The van der Waals surface area contributed by atoms with E-state index in [9.17, 15) is 13.2 Å². The predicted molar refractivity (Wildman–Crippen MR) is 115 cm³/mol. The van der Waals surface area contributed by atoms with E-state index in [1.54, 1.807) is 22.8 Å². The lowest BCUT2D eigenvalue weighted by Crippen LogP contribution is -2.41. The normalized spacial score (nSPS) is 18.4. The molecule has 1 aliphatic rings. The Kier molecular flexibility index (Phi) is 4.83. The summed E-state index contributed by atoms with van der Waals surface area (Å²) in [6.07, 6.45) is 0.518. The van der Waals surface area contributed by atoms with Gasteiger partial charge in [0.2, 0.25) is 10.0 Å². The van der Waals surface area contributed by atoms with E-state index >= 15 is 0 Å². The average Bonchev–Trinajstić information content (AvgIpc) is 2.94. The summed E-state index contributed by atoms with van der Waals surface area (Å²) in [6.45, 7) is 8.34. The van der Waals surface area contributed by atoms with Gasteiger partial charge in [-0.2, -0.15) is 0 Å². The molecule has 1 atom stereocenters. The second-order valence-corrected chi connectivity index (χ2v) is 10.7. The maximum atomic E-state index is 13.2. The van der Waals surface area contributed by atoms with E-state index in [2.05, 4.69) is 4.72 Å². The maximum Gasteiger partial charge on any atom is 0.308 e. The Morgan fingerprint density at radius 2 is 2.00 bits per heavy atom. The summed E-state index contributed by atoms with van der Waals surface area (Å²) >= 11 is 1.06. The molecule has 0 spiro atoms. The third kappa shape index (κ3) is 3.72. The standard InChI is InChI=1S/C21H24N2O4S2/c1-5-23-17-9-7-14(11-19(17)28-20(23)24)29(25,26)22-16-12-21(3,4)27-18-10-13(2)6-8-15(16)18/h6-11,16,22H,5,12H2,1-4H3/t16-/m1/s1. The summed E-state index contributed by atoms with van der Waals surface area (Å²) in [7, 11) is -3.77. The molecule has 2 heterocycles. The van der Waals surface area contributed by atoms with Crippen molar-refractivity contribution in [3.63, 3.8) is 0 Å². The third-order valence-electron chi connectivity index (χ3n) is 5.19. The molecule has 0 unspecified atom stereocenters. The highest BCUT2D eigenvalue weighted by Crippen LogP contribution is 2.40. The van der Waals surface area contributed by atoms with Crippen LogP contribution in [0.2, 0.25) is 0 Å². The van der Waals surface area contributed by atoms with Crippen LogP contribution in [0.4, 0.5) is 0 Å². The molecule has 3 aromatic rings. The molecule has 154 valence electrons. The van der Waals surface area contributed by atoms with Crippen molar-refractivity contribution in [2.45, 2.75) is 57.2 Å². The molecule has 0 fully saturated rings.